The summed E-state index contributed by atoms with van der Waals surface area (Å²) in [4.78, 5) is 34.7. The molecular formula is C21H26N6O2. The number of likely N-dealkylation sites (tertiary alicyclic amines) is 1. The third kappa shape index (κ3) is 3.75. The van der Waals surface area contributed by atoms with Crippen LogP contribution < -0.4 is 10.6 Å². The number of carbonyl (C=O) groups is 2. The standard InChI is InChI=1S/C21H26N6O2/c1-20(2,3)9-15-14(8-13-11-23-16(10-22)24-17(13)15)12-27-6-4-21(5-7-27)18(28)25-19(29)26-21/h11H,4-9,12H2,1-3H3,(H2,25,26,28,29). The second-order valence-corrected chi connectivity index (χ2v) is 9.44. The lowest BCUT2D eigenvalue weighted by Crippen LogP contribution is -2.55. The molecule has 1 aliphatic carbocycles. The second-order valence-electron chi connectivity index (χ2n) is 9.44. The lowest BCUT2D eigenvalue weighted by atomic mass is 9.85. The van der Waals surface area contributed by atoms with Gasteiger partial charge in [0.05, 0.1) is 5.69 Å². The first kappa shape index (κ1) is 19.5. The smallest absolute Gasteiger partial charge is 0.322 e. The van der Waals surface area contributed by atoms with Crippen molar-refractivity contribution < 1.29 is 9.59 Å². The molecule has 0 radical (unpaired) electrons. The Labute approximate surface area is 170 Å². The number of aromatic nitrogens is 2. The fourth-order valence-electron chi connectivity index (χ4n) is 4.49. The number of nitrogens with one attached hydrogen (secondary N) is 2. The summed E-state index contributed by atoms with van der Waals surface area (Å²) in [6.07, 6.45) is 4.68. The molecule has 0 bridgehead atoms. The molecule has 8 nitrogen and oxygen atoms in total. The van der Waals surface area contributed by atoms with E-state index in [-0.39, 0.29) is 17.1 Å². The van der Waals surface area contributed by atoms with E-state index in [1.807, 2.05) is 6.07 Å². The molecular weight excluding hydrogens is 368 g/mol. The van der Waals surface area contributed by atoms with Crippen molar-refractivity contribution in [2.24, 2.45) is 5.41 Å². The molecule has 2 saturated heterocycles. The van der Waals surface area contributed by atoms with Crippen molar-refractivity contribution in [1.29, 1.82) is 5.26 Å². The van der Waals surface area contributed by atoms with Gasteiger partial charge in [-0.15, -0.1) is 0 Å². The maximum atomic E-state index is 12.2. The number of hydrogen-bond donors (Lipinski definition) is 2. The van der Waals surface area contributed by atoms with Gasteiger partial charge >= 0.3 is 6.03 Å². The number of hydrogen-bond acceptors (Lipinski definition) is 6. The summed E-state index contributed by atoms with van der Waals surface area (Å²) >= 11 is 0. The molecule has 8 heteroatoms. The fourth-order valence-corrected chi connectivity index (χ4v) is 4.49. The third-order valence-electron chi connectivity index (χ3n) is 5.93. The van der Waals surface area contributed by atoms with E-state index in [4.69, 9.17) is 0 Å². The normalized spacial score (nSPS) is 21.2. The number of allylic oxidation sites excluding steroid dienone is 1. The first-order valence-electron chi connectivity index (χ1n) is 10.0. The Morgan fingerprint density at radius 3 is 2.59 bits per heavy atom. The molecule has 1 spiro atoms. The highest BCUT2D eigenvalue weighted by Crippen LogP contribution is 2.39. The summed E-state index contributed by atoms with van der Waals surface area (Å²) in [5, 5.41) is 14.4. The van der Waals surface area contributed by atoms with E-state index < -0.39 is 11.6 Å². The van der Waals surface area contributed by atoms with Crippen LogP contribution in [-0.4, -0.2) is 52.0 Å². The van der Waals surface area contributed by atoms with E-state index in [0.29, 0.717) is 12.8 Å². The average Bonchev–Trinajstić information content (AvgIpc) is 3.12. The molecule has 0 atom stereocenters. The number of rotatable bonds is 3. The highest BCUT2D eigenvalue weighted by molar-refractivity contribution is 6.07. The summed E-state index contributed by atoms with van der Waals surface area (Å²) in [6, 6.07) is 1.65. The first-order chi connectivity index (χ1) is 13.7. The predicted octanol–water partition coefficient (Wildman–Crippen LogP) is 1.77. The van der Waals surface area contributed by atoms with Gasteiger partial charge in [-0.25, -0.2) is 14.8 Å². The molecule has 1 aromatic rings. The van der Waals surface area contributed by atoms with Gasteiger partial charge in [0.15, 0.2) is 0 Å². The van der Waals surface area contributed by atoms with Crippen molar-refractivity contribution in [3.8, 4) is 6.07 Å². The zero-order valence-electron chi connectivity index (χ0n) is 17.1. The minimum absolute atomic E-state index is 0.0954. The largest absolute Gasteiger partial charge is 0.323 e. The minimum atomic E-state index is -0.748. The van der Waals surface area contributed by atoms with Gasteiger partial charge in [-0.2, -0.15) is 5.26 Å². The summed E-state index contributed by atoms with van der Waals surface area (Å²) in [5.41, 5.74) is 3.88. The third-order valence-corrected chi connectivity index (χ3v) is 5.93. The lowest BCUT2D eigenvalue weighted by Gasteiger charge is -2.37. The number of imide groups is 1. The van der Waals surface area contributed by atoms with E-state index in [9.17, 15) is 14.9 Å². The van der Waals surface area contributed by atoms with Crippen LogP contribution in [0.15, 0.2) is 11.8 Å². The lowest BCUT2D eigenvalue weighted by molar-refractivity contribution is -0.125. The topological polar surface area (TPSA) is 111 Å². The van der Waals surface area contributed by atoms with Gasteiger partial charge in [0.2, 0.25) is 5.82 Å². The molecule has 29 heavy (non-hydrogen) atoms. The van der Waals surface area contributed by atoms with Crippen LogP contribution in [0.25, 0.3) is 5.57 Å². The number of urea groups is 1. The van der Waals surface area contributed by atoms with Gasteiger partial charge in [0, 0.05) is 31.4 Å². The summed E-state index contributed by atoms with van der Waals surface area (Å²) in [7, 11) is 0. The van der Waals surface area contributed by atoms with E-state index in [2.05, 4.69) is 46.3 Å². The minimum Gasteiger partial charge on any atom is -0.323 e. The van der Waals surface area contributed by atoms with Crippen molar-refractivity contribution in [2.45, 2.75) is 52.0 Å². The molecule has 2 N–H and O–H groups in total. The number of amides is 3. The van der Waals surface area contributed by atoms with Crippen LogP contribution in [0.4, 0.5) is 4.79 Å². The number of fused-ring (bicyclic) bond motifs is 1. The van der Waals surface area contributed by atoms with Gasteiger partial charge in [-0.3, -0.25) is 15.0 Å². The van der Waals surface area contributed by atoms with Gasteiger partial charge < -0.3 is 5.32 Å². The molecule has 3 aliphatic rings. The molecule has 2 fully saturated rings. The summed E-state index contributed by atoms with van der Waals surface area (Å²) in [5.74, 6) is 0.00155. The quantitative estimate of drug-likeness (QED) is 0.756. The van der Waals surface area contributed by atoms with Crippen LogP contribution in [0, 0.1) is 16.7 Å². The van der Waals surface area contributed by atoms with Crippen molar-refractivity contribution in [3.05, 3.63) is 28.9 Å². The molecule has 3 heterocycles. The molecule has 4 rings (SSSR count). The molecule has 3 amide bonds. The summed E-state index contributed by atoms with van der Waals surface area (Å²) in [6.45, 7) is 8.89. The highest BCUT2D eigenvalue weighted by atomic mass is 16.2. The van der Waals surface area contributed by atoms with Gasteiger partial charge in [0.1, 0.15) is 11.6 Å². The van der Waals surface area contributed by atoms with E-state index >= 15 is 0 Å². The van der Waals surface area contributed by atoms with Crippen LogP contribution in [0.3, 0.4) is 0 Å². The highest BCUT2D eigenvalue weighted by Gasteiger charge is 2.47. The SMILES string of the molecule is CC(C)(C)CC1=C(CN2CCC3(CC2)NC(=O)NC3=O)Cc2cnc(C#N)nc21. The number of carbonyl (C=O) groups excluding carboxylic acids is 2. The maximum Gasteiger partial charge on any atom is 0.322 e. The zero-order chi connectivity index (χ0) is 20.8. The molecule has 0 saturated carbocycles. The van der Waals surface area contributed by atoms with E-state index in [0.717, 1.165) is 43.7 Å². The predicted molar refractivity (Wildman–Crippen MR) is 107 cm³/mol. The van der Waals surface area contributed by atoms with Crippen molar-refractivity contribution in [3.63, 3.8) is 0 Å². The Balaban J connectivity index is 1.54. The number of nitrogens with zero attached hydrogens (tertiary/aromatic N) is 4. The second kappa shape index (κ2) is 6.92. The van der Waals surface area contributed by atoms with Crippen molar-refractivity contribution >= 4 is 17.5 Å². The molecule has 0 aromatic carbocycles. The molecule has 0 unspecified atom stereocenters. The van der Waals surface area contributed by atoms with Crippen molar-refractivity contribution in [1.82, 2.24) is 25.5 Å². The molecule has 1 aromatic heterocycles. The molecule has 152 valence electrons. The Bertz CT molecular complexity index is 945. The first-order valence-corrected chi connectivity index (χ1v) is 10.0. The van der Waals surface area contributed by atoms with Crippen LogP contribution in [0.2, 0.25) is 0 Å². The monoisotopic (exact) mass is 394 g/mol. The van der Waals surface area contributed by atoms with Crippen LogP contribution in [-0.2, 0) is 11.2 Å². The summed E-state index contributed by atoms with van der Waals surface area (Å²) < 4.78 is 0. The van der Waals surface area contributed by atoms with Crippen LogP contribution >= 0.6 is 0 Å². The van der Waals surface area contributed by atoms with Crippen LogP contribution in [0.1, 0.15) is 57.1 Å². The number of nitriles is 1. The Hall–Kier alpha value is -2.79. The molecule has 2 aliphatic heterocycles. The zero-order valence-corrected chi connectivity index (χ0v) is 17.1. The Morgan fingerprint density at radius 2 is 2.00 bits per heavy atom. The Kier molecular flexibility index (Phi) is 4.66. The van der Waals surface area contributed by atoms with Crippen LogP contribution in [0.5, 0.6) is 0 Å². The van der Waals surface area contributed by atoms with Gasteiger partial charge in [-0.1, -0.05) is 20.8 Å². The fraction of sp³-hybridized carbons (Fsp3) is 0.571. The van der Waals surface area contributed by atoms with Gasteiger partial charge in [-0.05, 0) is 42.2 Å². The number of piperidine rings is 1. The van der Waals surface area contributed by atoms with Crippen molar-refractivity contribution in [2.75, 3.05) is 19.6 Å². The van der Waals surface area contributed by atoms with Gasteiger partial charge in [0.25, 0.3) is 5.91 Å². The Morgan fingerprint density at radius 1 is 1.28 bits per heavy atom. The van der Waals surface area contributed by atoms with E-state index in [1.165, 1.54) is 11.1 Å². The maximum absolute atomic E-state index is 12.2. The average molecular weight is 394 g/mol. The van der Waals surface area contributed by atoms with E-state index in [1.54, 1.807) is 6.20 Å².